The molecule has 4 nitrogen and oxygen atoms in total. The Morgan fingerprint density at radius 3 is 3.00 bits per heavy atom. The van der Waals surface area contributed by atoms with Crippen molar-refractivity contribution in [3.8, 4) is 5.75 Å². The summed E-state index contributed by atoms with van der Waals surface area (Å²) in [5.74, 6) is 1.27. The molecule has 21 heavy (non-hydrogen) atoms. The molecule has 1 fully saturated rings. The average molecular weight is 290 g/mol. The standard InChI is InChI=1S/C17H26N2O2/c1-13-5-4-6-16(11-13)21-10-9-19(3)17(20)15-7-8-18-14(2)12-15/h4-6,11,14-15,18H,7-10,12H2,1-3H3/t14-,15-/m0/s1. The fourth-order valence-electron chi connectivity index (χ4n) is 2.78. The van der Waals surface area contributed by atoms with E-state index in [1.165, 1.54) is 5.56 Å². The van der Waals surface area contributed by atoms with E-state index in [9.17, 15) is 4.79 Å². The molecule has 116 valence electrons. The van der Waals surface area contributed by atoms with Crippen LogP contribution in [0.3, 0.4) is 0 Å². The highest BCUT2D eigenvalue weighted by Gasteiger charge is 2.26. The maximum absolute atomic E-state index is 12.4. The minimum Gasteiger partial charge on any atom is -0.492 e. The molecule has 1 heterocycles. The van der Waals surface area contributed by atoms with Crippen molar-refractivity contribution in [1.82, 2.24) is 10.2 Å². The van der Waals surface area contributed by atoms with Crippen molar-refractivity contribution in [3.05, 3.63) is 29.8 Å². The molecule has 1 aromatic rings. The van der Waals surface area contributed by atoms with Crippen LogP contribution in [0.15, 0.2) is 24.3 Å². The molecule has 1 aliphatic heterocycles. The van der Waals surface area contributed by atoms with E-state index in [1.807, 2.05) is 38.2 Å². The summed E-state index contributed by atoms with van der Waals surface area (Å²) in [5, 5.41) is 3.38. The molecule has 1 aliphatic rings. The topological polar surface area (TPSA) is 41.6 Å². The highest BCUT2D eigenvalue weighted by Crippen LogP contribution is 2.18. The number of hydrogen-bond donors (Lipinski definition) is 1. The van der Waals surface area contributed by atoms with E-state index < -0.39 is 0 Å². The summed E-state index contributed by atoms with van der Waals surface area (Å²) in [6.45, 7) is 6.28. The Bertz CT molecular complexity index is 476. The largest absolute Gasteiger partial charge is 0.492 e. The van der Waals surface area contributed by atoms with Crippen molar-refractivity contribution < 1.29 is 9.53 Å². The van der Waals surface area contributed by atoms with Crippen LogP contribution in [0.1, 0.15) is 25.3 Å². The summed E-state index contributed by atoms with van der Waals surface area (Å²) in [6, 6.07) is 8.42. The van der Waals surface area contributed by atoms with Gasteiger partial charge in [-0.2, -0.15) is 0 Å². The Kier molecular flexibility index (Phi) is 5.62. The van der Waals surface area contributed by atoms with Crippen LogP contribution in [0, 0.1) is 12.8 Å². The van der Waals surface area contributed by atoms with Crippen LogP contribution in [-0.2, 0) is 4.79 Å². The predicted octanol–water partition coefficient (Wildman–Crippen LogP) is 2.22. The third-order valence-corrected chi connectivity index (χ3v) is 4.03. The normalized spacial score (nSPS) is 21.9. The molecule has 1 saturated heterocycles. The minimum atomic E-state index is 0.158. The van der Waals surface area contributed by atoms with Gasteiger partial charge in [-0.15, -0.1) is 0 Å². The molecule has 0 aliphatic carbocycles. The van der Waals surface area contributed by atoms with Crippen LogP contribution < -0.4 is 10.1 Å². The van der Waals surface area contributed by atoms with Gasteiger partial charge in [0.25, 0.3) is 0 Å². The monoisotopic (exact) mass is 290 g/mol. The lowest BCUT2D eigenvalue weighted by atomic mass is 9.92. The first kappa shape index (κ1) is 15.8. The van der Waals surface area contributed by atoms with Gasteiger partial charge >= 0.3 is 0 Å². The fourth-order valence-corrected chi connectivity index (χ4v) is 2.78. The second-order valence-electron chi connectivity index (χ2n) is 6.00. The van der Waals surface area contributed by atoms with Gasteiger partial charge in [0.15, 0.2) is 0 Å². The third kappa shape index (κ3) is 4.74. The van der Waals surface area contributed by atoms with Crippen molar-refractivity contribution >= 4 is 5.91 Å². The molecular weight excluding hydrogens is 264 g/mol. The van der Waals surface area contributed by atoms with Crippen LogP contribution in [0.2, 0.25) is 0 Å². The van der Waals surface area contributed by atoms with Crippen molar-refractivity contribution in [2.24, 2.45) is 5.92 Å². The van der Waals surface area contributed by atoms with Gasteiger partial charge in [0.05, 0.1) is 6.54 Å². The number of carbonyl (C=O) groups excluding carboxylic acids is 1. The number of piperidine rings is 1. The Hall–Kier alpha value is -1.55. The number of ether oxygens (including phenoxy) is 1. The zero-order valence-corrected chi connectivity index (χ0v) is 13.3. The Morgan fingerprint density at radius 1 is 1.48 bits per heavy atom. The molecule has 0 saturated carbocycles. The van der Waals surface area contributed by atoms with Crippen LogP contribution in [0.5, 0.6) is 5.75 Å². The zero-order valence-electron chi connectivity index (χ0n) is 13.3. The summed E-state index contributed by atoms with van der Waals surface area (Å²) in [5.41, 5.74) is 1.18. The van der Waals surface area contributed by atoms with E-state index in [2.05, 4.69) is 12.2 Å². The first-order chi connectivity index (χ1) is 10.1. The van der Waals surface area contributed by atoms with Gasteiger partial charge in [0.1, 0.15) is 12.4 Å². The van der Waals surface area contributed by atoms with Crippen LogP contribution in [0.25, 0.3) is 0 Å². The van der Waals surface area contributed by atoms with Crippen LogP contribution in [0.4, 0.5) is 0 Å². The molecule has 0 unspecified atom stereocenters. The van der Waals surface area contributed by atoms with Gasteiger partial charge in [0.2, 0.25) is 5.91 Å². The summed E-state index contributed by atoms with van der Waals surface area (Å²) in [4.78, 5) is 14.2. The zero-order chi connectivity index (χ0) is 15.2. The number of amides is 1. The Morgan fingerprint density at radius 2 is 2.29 bits per heavy atom. The predicted molar refractivity (Wildman–Crippen MR) is 84.5 cm³/mol. The molecule has 2 rings (SSSR count). The smallest absolute Gasteiger partial charge is 0.225 e. The summed E-state index contributed by atoms with van der Waals surface area (Å²) in [7, 11) is 1.87. The van der Waals surface area contributed by atoms with Gasteiger partial charge in [-0.05, 0) is 50.9 Å². The molecule has 1 N–H and O–H groups in total. The van der Waals surface area contributed by atoms with Crippen molar-refractivity contribution in [2.75, 3.05) is 26.7 Å². The van der Waals surface area contributed by atoms with Gasteiger partial charge in [-0.25, -0.2) is 0 Å². The molecule has 0 aromatic heterocycles. The van der Waals surface area contributed by atoms with E-state index in [-0.39, 0.29) is 11.8 Å². The van der Waals surface area contributed by atoms with E-state index in [1.54, 1.807) is 4.90 Å². The molecule has 0 radical (unpaired) electrons. The number of likely N-dealkylation sites (N-methyl/N-ethyl adjacent to an activating group) is 1. The number of nitrogens with one attached hydrogen (secondary N) is 1. The van der Waals surface area contributed by atoms with E-state index >= 15 is 0 Å². The van der Waals surface area contributed by atoms with Crippen molar-refractivity contribution in [3.63, 3.8) is 0 Å². The molecule has 0 spiro atoms. The van der Waals surface area contributed by atoms with Crippen molar-refractivity contribution in [2.45, 2.75) is 32.7 Å². The lowest BCUT2D eigenvalue weighted by Gasteiger charge is -2.30. The third-order valence-electron chi connectivity index (χ3n) is 4.03. The summed E-state index contributed by atoms with van der Waals surface area (Å²) in [6.07, 6.45) is 1.87. The molecule has 4 heteroatoms. The molecule has 0 bridgehead atoms. The highest BCUT2D eigenvalue weighted by atomic mass is 16.5. The number of benzene rings is 1. The lowest BCUT2D eigenvalue weighted by molar-refractivity contribution is -0.135. The Labute approximate surface area is 127 Å². The number of nitrogens with zero attached hydrogens (tertiary/aromatic N) is 1. The second-order valence-corrected chi connectivity index (χ2v) is 6.00. The molecular formula is C17H26N2O2. The number of hydrogen-bond acceptors (Lipinski definition) is 3. The number of rotatable bonds is 5. The van der Waals surface area contributed by atoms with Gasteiger partial charge < -0.3 is 15.0 Å². The number of aryl methyl sites for hydroxylation is 1. The van der Waals surface area contributed by atoms with Crippen LogP contribution in [-0.4, -0.2) is 43.6 Å². The first-order valence-electron chi connectivity index (χ1n) is 7.74. The van der Waals surface area contributed by atoms with E-state index in [0.717, 1.165) is 25.1 Å². The minimum absolute atomic E-state index is 0.158. The maximum Gasteiger partial charge on any atom is 0.225 e. The van der Waals surface area contributed by atoms with Crippen LogP contribution >= 0.6 is 0 Å². The highest BCUT2D eigenvalue weighted by molar-refractivity contribution is 5.78. The van der Waals surface area contributed by atoms with E-state index in [4.69, 9.17) is 4.74 Å². The average Bonchev–Trinajstić information content (AvgIpc) is 2.46. The fraction of sp³-hybridized carbons (Fsp3) is 0.588. The Balaban J connectivity index is 1.76. The van der Waals surface area contributed by atoms with Gasteiger partial charge in [-0.1, -0.05) is 12.1 Å². The summed E-state index contributed by atoms with van der Waals surface area (Å²) < 4.78 is 5.71. The maximum atomic E-state index is 12.4. The lowest BCUT2D eigenvalue weighted by Crippen LogP contribution is -2.43. The second kappa shape index (κ2) is 7.46. The summed E-state index contributed by atoms with van der Waals surface area (Å²) >= 11 is 0. The number of carbonyl (C=O) groups is 1. The van der Waals surface area contributed by atoms with Crippen molar-refractivity contribution in [1.29, 1.82) is 0 Å². The molecule has 1 amide bonds. The quantitative estimate of drug-likeness (QED) is 0.904. The first-order valence-corrected chi connectivity index (χ1v) is 7.74. The molecule has 2 atom stereocenters. The molecule has 1 aromatic carbocycles. The van der Waals surface area contributed by atoms with Gasteiger partial charge in [0, 0.05) is 19.0 Å². The van der Waals surface area contributed by atoms with Gasteiger partial charge in [-0.3, -0.25) is 4.79 Å². The van der Waals surface area contributed by atoms with E-state index in [0.29, 0.717) is 19.2 Å². The SMILES string of the molecule is Cc1cccc(OCCN(C)C(=O)[C@H]2CCN[C@@H](C)C2)c1.